The predicted octanol–water partition coefficient (Wildman–Crippen LogP) is 4.03. The summed E-state index contributed by atoms with van der Waals surface area (Å²) in [6, 6.07) is 11.2. The lowest BCUT2D eigenvalue weighted by atomic mass is 10.2. The number of hydrogen-bond acceptors (Lipinski definition) is 6. The largest absolute Gasteiger partial charge is 0.340 e. The molecule has 0 aliphatic carbocycles. The molecule has 134 valence electrons. The number of carbonyl (C=O) groups is 1. The molecule has 27 heavy (non-hydrogen) atoms. The number of aromatic nitrogens is 4. The normalized spacial score (nSPS) is 10.6. The Labute approximate surface area is 159 Å². The van der Waals surface area contributed by atoms with E-state index in [1.54, 1.807) is 17.1 Å². The van der Waals surface area contributed by atoms with Crippen LogP contribution in [0.2, 0.25) is 0 Å². The topological polar surface area (TPSA) is 84.7 Å². The number of carbonyl (C=O) groups excluding carboxylic acids is 1. The summed E-state index contributed by atoms with van der Waals surface area (Å²) in [5, 5.41) is 8.08. The number of amides is 1. The molecule has 3 heterocycles. The van der Waals surface area contributed by atoms with E-state index in [2.05, 4.69) is 25.6 Å². The van der Waals surface area contributed by atoms with E-state index >= 15 is 0 Å². The lowest BCUT2D eigenvalue weighted by Gasteiger charge is -2.09. The summed E-state index contributed by atoms with van der Waals surface area (Å²) in [5.74, 6) is 1.29. The zero-order valence-corrected chi connectivity index (χ0v) is 15.3. The molecule has 0 aliphatic heterocycles. The molecule has 7 nitrogen and oxygen atoms in total. The van der Waals surface area contributed by atoms with Crippen LogP contribution in [0, 0.1) is 6.92 Å². The highest BCUT2D eigenvalue weighted by Gasteiger charge is 2.08. The number of hydrogen-bond donors (Lipinski definition) is 2. The zero-order valence-electron chi connectivity index (χ0n) is 14.5. The van der Waals surface area contributed by atoms with Crippen molar-refractivity contribution in [2.75, 3.05) is 10.6 Å². The van der Waals surface area contributed by atoms with Crippen molar-refractivity contribution in [2.24, 2.45) is 0 Å². The molecule has 4 aromatic rings. The minimum atomic E-state index is -0.102. The molecule has 0 fully saturated rings. The molecule has 0 radical (unpaired) electrons. The lowest BCUT2D eigenvalue weighted by molar-refractivity contribution is 0.103. The Morgan fingerprint density at radius 1 is 1.11 bits per heavy atom. The molecule has 1 aromatic carbocycles. The van der Waals surface area contributed by atoms with Gasteiger partial charge in [0, 0.05) is 29.8 Å². The highest BCUT2D eigenvalue weighted by atomic mass is 32.1. The van der Waals surface area contributed by atoms with Crippen molar-refractivity contribution >= 4 is 34.4 Å². The van der Waals surface area contributed by atoms with Gasteiger partial charge in [-0.05, 0) is 48.2 Å². The lowest BCUT2D eigenvalue weighted by Crippen LogP contribution is -2.10. The van der Waals surface area contributed by atoms with Crippen molar-refractivity contribution in [1.82, 2.24) is 19.5 Å². The van der Waals surface area contributed by atoms with Crippen molar-refractivity contribution in [2.45, 2.75) is 6.92 Å². The first-order valence-electron chi connectivity index (χ1n) is 8.21. The van der Waals surface area contributed by atoms with E-state index in [4.69, 9.17) is 0 Å². The first-order valence-corrected chi connectivity index (χ1v) is 9.09. The quantitative estimate of drug-likeness (QED) is 0.549. The summed E-state index contributed by atoms with van der Waals surface area (Å²) < 4.78 is 1.80. The Morgan fingerprint density at radius 2 is 1.93 bits per heavy atom. The molecule has 0 bridgehead atoms. The van der Waals surface area contributed by atoms with E-state index in [1.165, 1.54) is 17.7 Å². The second-order valence-electron chi connectivity index (χ2n) is 5.88. The fourth-order valence-electron chi connectivity index (χ4n) is 2.48. The third-order valence-electron chi connectivity index (χ3n) is 3.79. The molecule has 0 aliphatic rings. The summed E-state index contributed by atoms with van der Waals surface area (Å²) in [4.78, 5) is 25.4. The maximum absolute atomic E-state index is 12.2. The average molecular weight is 376 g/mol. The zero-order chi connectivity index (χ0) is 18.6. The van der Waals surface area contributed by atoms with Crippen molar-refractivity contribution in [3.05, 3.63) is 77.3 Å². The third kappa shape index (κ3) is 4.01. The summed E-state index contributed by atoms with van der Waals surface area (Å²) >= 11 is 1.44. The number of imidazole rings is 1. The molecular formula is C19H16N6OS. The van der Waals surface area contributed by atoms with Crippen LogP contribution in [0.1, 0.15) is 15.2 Å². The van der Waals surface area contributed by atoms with Crippen LogP contribution < -0.4 is 10.6 Å². The van der Waals surface area contributed by atoms with Gasteiger partial charge >= 0.3 is 0 Å². The number of nitrogens with zero attached hydrogens (tertiary/aromatic N) is 4. The second kappa shape index (κ2) is 7.38. The van der Waals surface area contributed by atoms with Gasteiger partial charge in [0.1, 0.15) is 24.3 Å². The number of rotatable bonds is 5. The molecule has 0 atom stereocenters. The Hall–Kier alpha value is -3.52. The van der Waals surface area contributed by atoms with Crippen LogP contribution in [-0.4, -0.2) is 25.4 Å². The predicted molar refractivity (Wildman–Crippen MR) is 106 cm³/mol. The van der Waals surface area contributed by atoms with Gasteiger partial charge in [-0.2, -0.15) is 0 Å². The molecule has 0 saturated carbocycles. The van der Waals surface area contributed by atoms with Gasteiger partial charge in [-0.15, -0.1) is 11.3 Å². The Kier molecular flexibility index (Phi) is 4.63. The van der Waals surface area contributed by atoms with E-state index in [0.717, 1.165) is 22.8 Å². The van der Waals surface area contributed by atoms with Gasteiger partial charge in [-0.3, -0.25) is 9.36 Å². The summed E-state index contributed by atoms with van der Waals surface area (Å²) in [7, 11) is 0. The van der Waals surface area contributed by atoms with Crippen LogP contribution in [0.5, 0.6) is 0 Å². The fraction of sp³-hybridized carbons (Fsp3) is 0.0526. The van der Waals surface area contributed by atoms with E-state index in [9.17, 15) is 4.79 Å². The summed E-state index contributed by atoms with van der Waals surface area (Å²) in [6.45, 7) is 1.97. The first kappa shape index (κ1) is 16.9. The smallest absolute Gasteiger partial charge is 0.265 e. The highest BCUT2D eigenvalue weighted by Crippen LogP contribution is 2.20. The van der Waals surface area contributed by atoms with Gasteiger partial charge in [0.15, 0.2) is 0 Å². The summed E-state index contributed by atoms with van der Waals surface area (Å²) in [5.41, 5.74) is 2.68. The second-order valence-corrected chi connectivity index (χ2v) is 6.79. The van der Waals surface area contributed by atoms with Crippen LogP contribution in [-0.2, 0) is 0 Å². The third-order valence-corrected chi connectivity index (χ3v) is 4.84. The van der Waals surface area contributed by atoms with E-state index in [-0.39, 0.29) is 5.91 Å². The molecule has 0 saturated heterocycles. The van der Waals surface area contributed by atoms with Crippen molar-refractivity contribution < 1.29 is 4.79 Å². The van der Waals surface area contributed by atoms with Gasteiger partial charge < -0.3 is 10.6 Å². The minimum Gasteiger partial charge on any atom is -0.340 e. The number of benzene rings is 1. The molecule has 1 amide bonds. The number of aryl methyl sites for hydroxylation is 1. The first-order chi connectivity index (χ1) is 13.2. The van der Waals surface area contributed by atoms with Crippen LogP contribution in [0.25, 0.3) is 5.82 Å². The van der Waals surface area contributed by atoms with Crippen LogP contribution in [0.4, 0.5) is 17.2 Å². The van der Waals surface area contributed by atoms with Gasteiger partial charge in [-0.25, -0.2) is 15.0 Å². The van der Waals surface area contributed by atoms with Crippen LogP contribution in [0.15, 0.2) is 66.8 Å². The van der Waals surface area contributed by atoms with Gasteiger partial charge in [-0.1, -0.05) is 0 Å². The van der Waals surface area contributed by atoms with Crippen molar-refractivity contribution in [3.8, 4) is 5.82 Å². The maximum Gasteiger partial charge on any atom is 0.265 e. The minimum absolute atomic E-state index is 0.102. The maximum atomic E-state index is 12.2. The number of nitrogens with one attached hydrogen (secondary N) is 2. The summed E-state index contributed by atoms with van der Waals surface area (Å²) in [6.07, 6.45) is 6.69. The Bertz CT molecular complexity index is 1060. The molecule has 4 rings (SSSR count). The molecular weight excluding hydrogens is 360 g/mol. The van der Waals surface area contributed by atoms with E-state index in [0.29, 0.717) is 10.7 Å². The number of thiophene rings is 1. The highest BCUT2D eigenvalue weighted by molar-refractivity contribution is 7.12. The standard InChI is InChI=1S/C19H16N6OS/c1-13-8-16(27-10-13)19(26)24-15-4-2-14(3-5-15)23-17-9-18(22-11-21-17)25-7-6-20-12-25/h2-12H,1H3,(H,24,26)(H,21,22,23). The Balaban J connectivity index is 1.44. The van der Waals surface area contributed by atoms with Crippen molar-refractivity contribution in [1.29, 1.82) is 0 Å². The number of anilines is 3. The van der Waals surface area contributed by atoms with Gasteiger partial charge in [0.05, 0.1) is 4.88 Å². The molecule has 8 heteroatoms. The van der Waals surface area contributed by atoms with Crippen LogP contribution >= 0.6 is 11.3 Å². The van der Waals surface area contributed by atoms with E-state index < -0.39 is 0 Å². The Morgan fingerprint density at radius 3 is 2.63 bits per heavy atom. The molecule has 0 spiro atoms. The fourth-order valence-corrected chi connectivity index (χ4v) is 3.27. The van der Waals surface area contributed by atoms with Crippen LogP contribution in [0.3, 0.4) is 0 Å². The SMILES string of the molecule is Cc1csc(C(=O)Nc2ccc(Nc3cc(-n4ccnc4)ncn3)cc2)c1. The van der Waals surface area contributed by atoms with Crippen molar-refractivity contribution in [3.63, 3.8) is 0 Å². The molecule has 0 unspecified atom stereocenters. The van der Waals surface area contributed by atoms with E-state index in [1.807, 2.05) is 54.9 Å². The average Bonchev–Trinajstić information content (AvgIpc) is 3.35. The molecule has 2 N–H and O–H groups in total. The monoisotopic (exact) mass is 376 g/mol. The van der Waals surface area contributed by atoms with Gasteiger partial charge in [0.25, 0.3) is 5.91 Å². The molecule has 3 aromatic heterocycles. The van der Waals surface area contributed by atoms with Gasteiger partial charge in [0.2, 0.25) is 0 Å².